The molecule has 0 aliphatic carbocycles. The molecule has 0 aliphatic heterocycles. The van der Waals surface area contributed by atoms with Gasteiger partial charge in [-0.25, -0.2) is 9.78 Å². The summed E-state index contributed by atoms with van der Waals surface area (Å²) in [6.45, 7) is 0. The minimum atomic E-state index is -4.72. The highest BCUT2D eigenvalue weighted by Crippen LogP contribution is 2.38. The summed E-state index contributed by atoms with van der Waals surface area (Å²) in [4.78, 5) is 14.5. The van der Waals surface area contributed by atoms with Crippen LogP contribution in [0.4, 0.5) is 23.7 Å². The second-order valence-electron chi connectivity index (χ2n) is 4.16. The Morgan fingerprint density at radius 1 is 1.30 bits per heavy atom. The van der Waals surface area contributed by atoms with Gasteiger partial charge in [0.15, 0.2) is 0 Å². The molecule has 0 spiro atoms. The average Bonchev–Trinajstić information content (AvgIpc) is 2.41. The lowest BCUT2D eigenvalue weighted by Crippen LogP contribution is -2.14. The van der Waals surface area contributed by atoms with Gasteiger partial charge in [0.2, 0.25) is 5.88 Å². The van der Waals surface area contributed by atoms with Crippen LogP contribution >= 0.6 is 27.5 Å². The average molecular weight is 412 g/mol. The number of benzene rings is 1. The van der Waals surface area contributed by atoms with E-state index in [1.54, 1.807) is 11.4 Å². The first-order chi connectivity index (χ1) is 10.7. The number of anilines is 1. The highest BCUT2D eigenvalue weighted by atomic mass is 79.9. The quantitative estimate of drug-likeness (QED) is 0.664. The molecule has 0 radical (unpaired) electrons. The van der Waals surface area contributed by atoms with E-state index in [0.717, 1.165) is 12.1 Å². The zero-order valence-electron chi connectivity index (χ0n) is 11.0. The van der Waals surface area contributed by atoms with Crippen molar-refractivity contribution in [1.82, 2.24) is 4.98 Å². The van der Waals surface area contributed by atoms with Gasteiger partial charge in [-0.3, -0.25) is 5.32 Å². The summed E-state index contributed by atoms with van der Waals surface area (Å²) in [5, 5.41) is 10.5. The number of ether oxygens (including phenoxy) is 1. The fourth-order valence-corrected chi connectivity index (χ4v) is 2.08. The second-order valence-corrected chi connectivity index (χ2v) is 5.40. The minimum Gasteiger partial charge on any atom is -0.465 e. The first-order valence-electron chi connectivity index (χ1n) is 5.88. The van der Waals surface area contributed by atoms with Gasteiger partial charge >= 0.3 is 12.3 Å². The van der Waals surface area contributed by atoms with Crippen LogP contribution in [0.15, 0.2) is 34.8 Å². The number of rotatable bonds is 3. The number of aromatic nitrogens is 1. The van der Waals surface area contributed by atoms with E-state index >= 15 is 0 Å². The van der Waals surface area contributed by atoms with Gasteiger partial charge in [0.05, 0.1) is 15.7 Å². The Kier molecular flexibility index (Phi) is 5.00. The maximum atomic E-state index is 12.9. The van der Waals surface area contributed by atoms with Crippen LogP contribution in [0.5, 0.6) is 11.6 Å². The SMILES string of the molecule is O=C(O)Nc1cc(Oc2nc(Cl)ccc2Br)ccc1C(F)(F)F. The Labute approximate surface area is 141 Å². The Morgan fingerprint density at radius 3 is 2.61 bits per heavy atom. The van der Waals surface area contributed by atoms with Gasteiger partial charge in [0.25, 0.3) is 0 Å². The van der Waals surface area contributed by atoms with Crippen molar-refractivity contribution in [3.05, 3.63) is 45.5 Å². The van der Waals surface area contributed by atoms with Crippen LogP contribution in [-0.4, -0.2) is 16.2 Å². The minimum absolute atomic E-state index is 0.0264. The summed E-state index contributed by atoms with van der Waals surface area (Å²) in [7, 11) is 0. The third-order valence-corrected chi connectivity index (χ3v) is 3.35. The van der Waals surface area contributed by atoms with Crippen LogP contribution < -0.4 is 10.1 Å². The Morgan fingerprint density at radius 2 is 2.00 bits per heavy atom. The molecule has 2 aromatic rings. The maximum absolute atomic E-state index is 12.9. The molecule has 0 aliphatic rings. The molecule has 122 valence electrons. The van der Waals surface area contributed by atoms with Gasteiger partial charge in [-0.05, 0) is 40.2 Å². The van der Waals surface area contributed by atoms with E-state index in [1.165, 1.54) is 6.07 Å². The van der Waals surface area contributed by atoms with Gasteiger partial charge < -0.3 is 9.84 Å². The number of halogens is 5. The smallest absolute Gasteiger partial charge is 0.418 e. The lowest BCUT2D eigenvalue weighted by Gasteiger charge is -2.14. The van der Waals surface area contributed by atoms with Crippen molar-refractivity contribution in [2.75, 3.05) is 5.32 Å². The van der Waals surface area contributed by atoms with Crippen molar-refractivity contribution < 1.29 is 27.8 Å². The number of amides is 1. The molecule has 0 unspecified atom stereocenters. The lowest BCUT2D eigenvalue weighted by atomic mass is 10.1. The third-order valence-electron chi connectivity index (χ3n) is 2.53. The molecule has 5 nitrogen and oxygen atoms in total. The molecule has 0 fully saturated rings. The first kappa shape index (κ1) is 17.4. The van der Waals surface area contributed by atoms with Crippen molar-refractivity contribution in [2.24, 2.45) is 0 Å². The van der Waals surface area contributed by atoms with Gasteiger partial charge in [-0.2, -0.15) is 13.2 Å². The molecule has 1 amide bonds. The summed E-state index contributed by atoms with van der Waals surface area (Å²) in [5.41, 5.74) is -1.79. The van der Waals surface area contributed by atoms with Gasteiger partial charge in [-0.15, -0.1) is 0 Å². The Bertz CT molecular complexity index is 756. The zero-order valence-corrected chi connectivity index (χ0v) is 13.3. The van der Waals surface area contributed by atoms with E-state index in [9.17, 15) is 18.0 Å². The number of carboxylic acid groups (broad SMARTS) is 1. The predicted octanol–water partition coefficient (Wildman–Crippen LogP) is 5.40. The molecule has 0 saturated heterocycles. The number of hydrogen-bond acceptors (Lipinski definition) is 3. The van der Waals surface area contributed by atoms with Crippen molar-refractivity contribution in [3.63, 3.8) is 0 Å². The molecule has 1 aromatic heterocycles. The molecular weight excluding hydrogens is 405 g/mol. The standard InChI is InChI=1S/C13H7BrClF3N2O3/c14-8-3-4-10(15)20-11(8)23-6-1-2-7(13(16,17)18)9(5-6)19-12(21)22/h1-5,19H,(H,21,22). The van der Waals surface area contributed by atoms with E-state index in [1.807, 2.05) is 0 Å². The number of hydrogen-bond donors (Lipinski definition) is 2. The Hall–Kier alpha value is -2.00. The summed E-state index contributed by atoms with van der Waals surface area (Å²) < 4.78 is 44.4. The van der Waals surface area contributed by atoms with Crippen LogP contribution in [0, 0.1) is 0 Å². The van der Waals surface area contributed by atoms with E-state index < -0.39 is 23.5 Å². The number of pyridine rings is 1. The highest BCUT2D eigenvalue weighted by Gasteiger charge is 2.34. The normalized spacial score (nSPS) is 11.2. The van der Waals surface area contributed by atoms with Gasteiger partial charge in [-0.1, -0.05) is 11.6 Å². The van der Waals surface area contributed by atoms with E-state index in [0.29, 0.717) is 10.5 Å². The molecule has 0 atom stereocenters. The molecule has 10 heteroatoms. The molecular formula is C13H7BrClF3N2O3. The predicted molar refractivity (Wildman–Crippen MR) is 80.1 cm³/mol. The summed E-state index contributed by atoms with van der Waals surface area (Å²) in [5.74, 6) is -0.0178. The molecule has 23 heavy (non-hydrogen) atoms. The van der Waals surface area contributed by atoms with Crippen LogP contribution in [0.25, 0.3) is 0 Å². The molecule has 0 bridgehead atoms. The maximum Gasteiger partial charge on any atom is 0.418 e. The monoisotopic (exact) mass is 410 g/mol. The second kappa shape index (κ2) is 6.63. The molecule has 1 aromatic carbocycles. The highest BCUT2D eigenvalue weighted by molar-refractivity contribution is 9.10. The number of carbonyl (C=O) groups is 1. The van der Waals surface area contributed by atoms with Gasteiger partial charge in [0, 0.05) is 6.07 Å². The Balaban J connectivity index is 2.40. The van der Waals surface area contributed by atoms with E-state index in [2.05, 4.69) is 20.9 Å². The fourth-order valence-electron chi connectivity index (χ4n) is 1.64. The molecule has 2 N–H and O–H groups in total. The van der Waals surface area contributed by atoms with Crippen molar-refractivity contribution in [2.45, 2.75) is 6.18 Å². The summed E-state index contributed by atoms with van der Waals surface area (Å²) >= 11 is 8.87. The van der Waals surface area contributed by atoms with Crippen LogP contribution in [-0.2, 0) is 6.18 Å². The van der Waals surface area contributed by atoms with Crippen LogP contribution in [0.1, 0.15) is 5.56 Å². The molecule has 0 saturated carbocycles. The van der Waals surface area contributed by atoms with Crippen LogP contribution in [0.3, 0.4) is 0 Å². The van der Waals surface area contributed by atoms with Crippen molar-refractivity contribution in [3.8, 4) is 11.6 Å². The van der Waals surface area contributed by atoms with Crippen molar-refractivity contribution >= 4 is 39.3 Å². The zero-order chi connectivity index (χ0) is 17.2. The van der Waals surface area contributed by atoms with Gasteiger partial charge in [0.1, 0.15) is 10.9 Å². The molecule has 2 rings (SSSR count). The number of alkyl halides is 3. The first-order valence-corrected chi connectivity index (χ1v) is 7.05. The molecule has 1 heterocycles. The fraction of sp³-hybridized carbons (Fsp3) is 0.0769. The van der Waals surface area contributed by atoms with E-state index in [4.69, 9.17) is 21.4 Å². The lowest BCUT2D eigenvalue weighted by molar-refractivity contribution is -0.136. The summed E-state index contributed by atoms with van der Waals surface area (Å²) in [6, 6.07) is 5.70. The van der Waals surface area contributed by atoms with Crippen molar-refractivity contribution in [1.29, 1.82) is 0 Å². The topological polar surface area (TPSA) is 71.5 Å². The number of nitrogens with zero attached hydrogens (tertiary/aromatic N) is 1. The van der Waals surface area contributed by atoms with E-state index in [-0.39, 0.29) is 16.8 Å². The van der Waals surface area contributed by atoms with Crippen LogP contribution in [0.2, 0.25) is 5.15 Å². The largest absolute Gasteiger partial charge is 0.465 e. The summed E-state index contributed by atoms with van der Waals surface area (Å²) in [6.07, 6.45) is -6.35. The number of nitrogens with one attached hydrogen (secondary N) is 1. The third kappa shape index (κ3) is 4.49.